The molecule has 2 aromatic carbocycles. The van der Waals surface area contributed by atoms with E-state index < -0.39 is 17.4 Å². The van der Waals surface area contributed by atoms with Gasteiger partial charge < -0.3 is 10.4 Å². The summed E-state index contributed by atoms with van der Waals surface area (Å²) in [6, 6.07) is 10.1. The number of carboxylic acid groups (broad SMARTS) is 1. The molecule has 2 N–H and O–H groups in total. The van der Waals surface area contributed by atoms with Crippen molar-refractivity contribution in [1.82, 2.24) is 4.90 Å². The lowest BCUT2D eigenvalue weighted by Gasteiger charge is -2.39. The molecule has 0 fully saturated rings. The Morgan fingerprint density at radius 2 is 1.96 bits per heavy atom. The second-order valence-corrected chi connectivity index (χ2v) is 7.18. The summed E-state index contributed by atoms with van der Waals surface area (Å²) < 4.78 is 14.6. The fourth-order valence-electron chi connectivity index (χ4n) is 3.05. The Balaban J connectivity index is 2.22. The van der Waals surface area contributed by atoms with Gasteiger partial charge in [-0.05, 0) is 55.9 Å². The fourth-order valence-corrected chi connectivity index (χ4v) is 3.46. The first-order valence-corrected chi connectivity index (χ1v) is 8.64. The number of aliphatic carboxylic acids is 1. The molecule has 7 heteroatoms. The van der Waals surface area contributed by atoms with E-state index in [0.29, 0.717) is 22.6 Å². The number of benzene rings is 2. The molecule has 1 aliphatic heterocycles. The van der Waals surface area contributed by atoms with Crippen molar-refractivity contribution >= 4 is 40.4 Å². The van der Waals surface area contributed by atoms with Crippen LogP contribution in [0, 0.1) is 5.82 Å². The van der Waals surface area contributed by atoms with Crippen LogP contribution >= 0.6 is 23.2 Å². The van der Waals surface area contributed by atoms with Crippen LogP contribution in [0.1, 0.15) is 11.1 Å². The number of allylic oxidation sites excluding steroid dienone is 1. The van der Waals surface area contributed by atoms with E-state index in [2.05, 4.69) is 5.32 Å². The number of carbonyl (C=O) groups is 1. The number of hydrogen-bond acceptors (Lipinski definition) is 3. The number of hydrogen-bond donors (Lipinski definition) is 2. The Morgan fingerprint density at radius 3 is 2.58 bits per heavy atom. The third kappa shape index (κ3) is 3.18. The van der Waals surface area contributed by atoms with Crippen molar-refractivity contribution in [3.63, 3.8) is 0 Å². The van der Waals surface area contributed by atoms with Crippen molar-refractivity contribution in [2.75, 3.05) is 19.4 Å². The molecular formula is C19H17Cl2FN2O2. The number of rotatable bonds is 4. The van der Waals surface area contributed by atoms with Crippen LogP contribution in [0.15, 0.2) is 42.5 Å². The maximum absolute atomic E-state index is 14.6. The zero-order valence-electron chi connectivity index (χ0n) is 14.2. The van der Waals surface area contributed by atoms with Gasteiger partial charge in [-0.15, -0.1) is 0 Å². The predicted octanol–water partition coefficient (Wildman–Crippen LogP) is 4.53. The molecule has 0 spiro atoms. The highest BCUT2D eigenvalue weighted by Crippen LogP contribution is 2.40. The largest absolute Gasteiger partial charge is 0.478 e. The quantitative estimate of drug-likeness (QED) is 0.799. The topological polar surface area (TPSA) is 52.6 Å². The lowest BCUT2D eigenvalue weighted by molar-refractivity contribution is -0.145. The van der Waals surface area contributed by atoms with Crippen LogP contribution in [0.3, 0.4) is 0 Å². The third-order valence-electron chi connectivity index (χ3n) is 4.47. The van der Waals surface area contributed by atoms with Crippen molar-refractivity contribution in [3.8, 4) is 0 Å². The number of nitrogens with one attached hydrogen (secondary N) is 1. The first-order valence-electron chi connectivity index (χ1n) is 7.88. The van der Waals surface area contributed by atoms with Gasteiger partial charge in [-0.3, -0.25) is 4.90 Å². The normalized spacial score (nSPS) is 18.9. The maximum atomic E-state index is 14.6. The maximum Gasteiger partial charge on any atom is 0.349 e. The van der Waals surface area contributed by atoms with Crippen LogP contribution in [-0.2, 0) is 11.2 Å². The van der Waals surface area contributed by atoms with E-state index in [4.69, 9.17) is 23.2 Å². The Morgan fingerprint density at radius 1 is 1.27 bits per heavy atom. The van der Waals surface area contributed by atoms with Crippen molar-refractivity contribution in [1.29, 1.82) is 0 Å². The van der Waals surface area contributed by atoms with Crippen LogP contribution in [0.4, 0.5) is 10.1 Å². The summed E-state index contributed by atoms with van der Waals surface area (Å²) in [5.41, 5.74) is 0.484. The van der Waals surface area contributed by atoms with Gasteiger partial charge in [-0.2, -0.15) is 0 Å². The van der Waals surface area contributed by atoms with Gasteiger partial charge in [0.1, 0.15) is 5.82 Å². The molecule has 0 saturated carbocycles. The van der Waals surface area contributed by atoms with E-state index in [1.165, 1.54) is 4.90 Å². The molecule has 1 atom stereocenters. The van der Waals surface area contributed by atoms with Crippen LogP contribution in [0.2, 0.25) is 10.0 Å². The van der Waals surface area contributed by atoms with Crippen molar-refractivity contribution in [2.45, 2.75) is 12.1 Å². The van der Waals surface area contributed by atoms with Gasteiger partial charge in [0, 0.05) is 15.6 Å². The molecule has 136 valence electrons. The number of nitrogens with zero attached hydrogens (tertiary/aromatic N) is 1. The number of fused-ring (bicyclic) bond motifs is 1. The number of likely N-dealkylation sites (N-methyl/N-ethyl adjacent to an activating group) is 1. The van der Waals surface area contributed by atoms with Gasteiger partial charge >= 0.3 is 5.97 Å². The van der Waals surface area contributed by atoms with Crippen LogP contribution < -0.4 is 5.32 Å². The first-order chi connectivity index (χ1) is 12.2. The highest BCUT2D eigenvalue weighted by atomic mass is 35.5. The second kappa shape index (κ2) is 6.91. The van der Waals surface area contributed by atoms with E-state index in [1.807, 2.05) is 18.2 Å². The molecule has 1 unspecified atom stereocenters. The Hall–Kier alpha value is -2.08. The van der Waals surface area contributed by atoms with Gasteiger partial charge in [0.05, 0.1) is 5.69 Å². The molecule has 0 saturated heterocycles. The molecule has 0 amide bonds. The SMILES string of the molecule is CN(C)C1(C(=O)O)C=C(Cc2ccccc2Cl)c2cc(Cl)cc(F)c2N1. The van der Waals surface area contributed by atoms with Gasteiger partial charge in [-0.25, -0.2) is 9.18 Å². The highest BCUT2D eigenvalue weighted by molar-refractivity contribution is 6.31. The Labute approximate surface area is 160 Å². The lowest BCUT2D eigenvalue weighted by atomic mass is 9.88. The molecule has 0 bridgehead atoms. The molecular weight excluding hydrogens is 378 g/mol. The Kier molecular flexibility index (Phi) is 4.97. The predicted molar refractivity (Wildman–Crippen MR) is 102 cm³/mol. The van der Waals surface area contributed by atoms with Crippen molar-refractivity contribution < 1.29 is 14.3 Å². The monoisotopic (exact) mass is 394 g/mol. The minimum Gasteiger partial charge on any atom is -0.478 e. The molecule has 4 nitrogen and oxygen atoms in total. The zero-order valence-corrected chi connectivity index (χ0v) is 15.7. The molecule has 2 aromatic rings. The average molecular weight is 395 g/mol. The van der Waals surface area contributed by atoms with Crippen LogP contribution in [-0.4, -0.2) is 35.7 Å². The average Bonchev–Trinajstić information content (AvgIpc) is 2.57. The molecule has 3 rings (SSSR count). The van der Waals surface area contributed by atoms with Crippen LogP contribution in [0.25, 0.3) is 5.57 Å². The first kappa shape index (κ1) is 18.7. The highest BCUT2D eigenvalue weighted by Gasteiger charge is 2.43. The minimum atomic E-state index is -1.59. The summed E-state index contributed by atoms with van der Waals surface area (Å²) in [6.07, 6.45) is 1.92. The van der Waals surface area contributed by atoms with Gasteiger partial charge in [0.2, 0.25) is 5.66 Å². The number of anilines is 1. The number of halogens is 3. The summed E-state index contributed by atoms with van der Waals surface area (Å²) in [6.45, 7) is 0. The fraction of sp³-hybridized carbons (Fsp3) is 0.211. The van der Waals surface area contributed by atoms with Crippen molar-refractivity contribution in [2.24, 2.45) is 0 Å². The lowest BCUT2D eigenvalue weighted by Crippen LogP contribution is -2.57. The molecule has 0 radical (unpaired) electrons. The van der Waals surface area contributed by atoms with Gasteiger partial charge in [0.15, 0.2) is 0 Å². The molecule has 0 aromatic heterocycles. The van der Waals surface area contributed by atoms with E-state index in [1.54, 1.807) is 32.3 Å². The minimum absolute atomic E-state index is 0.107. The van der Waals surface area contributed by atoms with Crippen molar-refractivity contribution in [3.05, 3.63) is 69.5 Å². The summed E-state index contributed by atoms with van der Waals surface area (Å²) in [5, 5.41) is 13.5. The van der Waals surface area contributed by atoms with Crippen LogP contribution in [0.5, 0.6) is 0 Å². The van der Waals surface area contributed by atoms with E-state index in [9.17, 15) is 14.3 Å². The molecule has 1 heterocycles. The summed E-state index contributed by atoms with van der Waals surface area (Å²) in [5.74, 6) is -1.75. The summed E-state index contributed by atoms with van der Waals surface area (Å²) in [4.78, 5) is 13.5. The third-order valence-corrected chi connectivity index (χ3v) is 5.06. The summed E-state index contributed by atoms with van der Waals surface area (Å²) in [7, 11) is 3.23. The van der Waals surface area contributed by atoms with E-state index in [-0.39, 0.29) is 10.7 Å². The molecule has 0 aliphatic carbocycles. The molecule has 1 aliphatic rings. The number of carboxylic acids is 1. The Bertz CT molecular complexity index is 914. The smallest absolute Gasteiger partial charge is 0.349 e. The van der Waals surface area contributed by atoms with E-state index in [0.717, 1.165) is 11.6 Å². The van der Waals surface area contributed by atoms with Gasteiger partial charge in [0.25, 0.3) is 0 Å². The second-order valence-electron chi connectivity index (χ2n) is 6.34. The standard InChI is InChI=1S/C19H17Cl2FN2O2/c1-24(2)19(18(25)26)10-12(7-11-5-3-4-6-15(11)21)14-8-13(20)9-16(22)17(14)23-19/h3-6,8-10,23H,7H2,1-2H3,(H,25,26). The molecule has 26 heavy (non-hydrogen) atoms. The van der Waals surface area contributed by atoms with E-state index >= 15 is 0 Å². The van der Waals surface area contributed by atoms with Gasteiger partial charge in [-0.1, -0.05) is 41.4 Å². The zero-order chi connectivity index (χ0) is 19.1. The summed E-state index contributed by atoms with van der Waals surface area (Å²) >= 11 is 12.3.